The maximum atomic E-state index is 12.6. The fourth-order valence-electron chi connectivity index (χ4n) is 4.85. The molecular weight excluding hydrogens is 406 g/mol. The topological polar surface area (TPSA) is 44.7 Å². The second kappa shape index (κ2) is 9.22. The average Bonchev–Trinajstić information content (AvgIpc) is 2.77. The third kappa shape index (κ3) is 4.70. The van der Waals surface area contributed by atoms with Crippen molar-refractivity contribution in [1.29, 1.82) is 0 Å². The van der Waals surface area contributed by atoms with E-state index in [2.05, 4.69) is 86.5 Å². The van der Waals surface area contributed by atoms with E-state index < -0.39 is 0 Å². The van der Waals surface area contributed by atoms with Crippen LogP contribution in [0.5, 0.6) is 0 Å². The average molecular weight is 440 g/mol. The van der Waals surface area contributed by atoms with Gasteiger partial charge < -0.3 is 4.90 Å². The molecule has 4 heteroatoms. The molecule has 0 atom stereocenters. The standard InChI is InChI=1S/C29H33N3O/c1-6-14-32-27-15-20(2)24(16-26(27)21(3)18-29(32,4)5)19-30-31-28(33)17-23-12-9-11-22-10-7-8-13-25(22)23/h7-13,15-16,18-19H,6,14,17H2,1-5H3,(H,31,33)/b30-19-. The van der Waals surface area contributed by atoms with E-state index in [1.54, 1.807) is 6.21 Å². The van der Waals surface area contributed by atoms with Crippen LogP contribution in [0.4, 0.5) is 5.69 Å². The third-order valence-electron chi connectivity index (χ3n) is 6.44. The van der Waals surface area contributed by atoms with Crippen molar-refractivity contribution in [2.45, 2.75) is 53.0 Å². The Morgan fingerprint density at radius 2 is 1.85 bits per heavy atom. The normalized spacial score (nSPS) is 14.9. The number of nitrogens with one attached hydrogen (secondary N) is 1. The summed E-state index contributed by atoms with van der Waals surface area (Å²) in [7, 11) is 0. The molecule has 1 amide bonds. The molecule has 0 saturated heterocycles. The molecule has 0 aliphatic carbocycles. The van der Waals surface area contributed by atoms with Gasteiger partial charge in [0.15, 0.2) is 0 Å². The molecule has 4 nitrogen and oxygen atoms in total. The lowest BCUT2D eigenvalue weighted by molar-refractivity contribution is -0.120. The molecule has 3 aromatic rings. The first-order valence-corrected chi connectivity index (χ1v) is 11.7. The molecular formula is C29H33N3O. The fourth-order valence-corrected chi connectivity index (χ4v) is 4.85. The number of carbonyl (C=O) groups is 1. The Labute approximate surface area is 197 Å². The van der Waals surface area contributed by atoms with Crippen molar-refractivity contribution in [2.75, 3.05) is 11.4 Å². The van der Waals surface area contributed by atoms with Crippen LogP contribution in [0.1, 0.15) is 56.4 Å². The van der Waals surface area contributed by atoms with Crippen molar-refractivity contribution >= 4 is 34.2 Å². The van der Waals surface area contributed by atoms with Crippen molar-refractivity contribution in [1.82, 2.24) is 5.43 Å². The van der Waals surface area contributed by atoms with Crippen molar-refractivity contribution in [2.24, 2.45) is 5.10 Å². The summed E-state index contributed by atoms with van der Waals surface area (Å²) in [6.45, 7) is 12.0. The van der Waals surface area contributed by atoms with Crippen molar-refractivity contribution in [3.8, 4) is 0 Å². The van der Waals surface area contributed by atoms with E-state index in [-0.39, 0.29) is 11.4 Å². The fraction of sp³-hybridized carbons (Fsp3) is 0.310. The van der Waals surface area contributed by atoms with Crippen LogP contribution in [-0.2, 0) is 11.2 Å². The molecule has 0 spiro atoms. The van der Waals surface area contributed by atoms with E-state index in [4.69, 9.17) is 0 Å². The molecule has 1 aliphatic rings. The van der Waals surface area contributed by atoms with E-state index in [1.165, 1.54) is 16.8 Å². The van der Waals surface area contributed by atoms with E-state index >= 15 is 0 Å². The number of rotatable bonds is 6. The SMILES string of the molecule is CCCN1c2cc(C)c(/C=N\NC(=O)Cc3cccc4ccccc34)cc2C(C)=CC1(C)C. The Hall–Kier alpha value is -3.40. The predicted molar refractivity (Wildman–Crippen MR) is 140 cm³/mol. The van der Waals surface area contributed by atoms with Gasteiger partial charge in [0.05, 0.1) is 18.2 Å². The van der Waals surface area contributed by atoms with Crippen LogP contribution < -0.4 is 10.3 Å². The van der Waals surface area contributed by atoms with Crippen LogP contribution in [0.15, 0.2) is 65.8 Å². The van der Waals surface area contributed by atoms with E-state index in [9.17, 15) is 4.79 Å². The number of aryl methyl sites for hydroxylation is 1. The molecule has 1 aliphatic heterocycles. The lowest BCUT2D eigenvalue weighted by Gasteiger charge is -2.43. The second-order valence-electron chi connectivity index (χ2n) is 9.47. The minimum atomic E-state index is -0.120. The number of carbonyl (C=O) groups excluding carboxylic acids is 1. The van der Waals surface area contributed by atoms with Gasteiger partial charge in [-0.2, -0.15) is 5.10 Å². The van der Waals surface area contributed by atoms with E-state index in [0.717, 1.165) is 40.4 Å². The maximum absolute atomic E-state index is 12.6. The molecule has 33 heavy (non-hydrogen) atoms. The third-order valence-corrected chi connectivity index (χ3v) is 6.44. The Bertz CT molecular complexity index is 1250. The van der Waals surface area contributed by atoms with Gasteiger partial charge in [-0.1, -0.05) is 55.5 Å². The highest BCUT2D eigenvalue weighted by molar-refractivity contribution is 5.92. The van der Waals surface area contributed by atoms with Gasteiger partial charge in [-0.15, -0.1) is 0 Å². The summed E-state index contributed by atoms with van der Waals surface area (Å²) < 4.78 is 0. The Kier molecular flexibility index (Phi) is 6.37. The van der Waals surface area contributed by atoms with Crippen LogP contribution >= 0.6 is 0 Å². The van der Waals surface area contributed by atoms with Crippen LogP contribution in [0, 0.1) is 6.92 Å². The lowest BCUT2D eigenvalue weighted by atomic mass is 9.87. The monoisotopic (exact) mass is 439 g/mol. The molecule has 0 aromatic heterocycles. The minimum Gasteiger partial charge on any atom is -0.362 e. The molecule has 0 fully saturated rings. The summed E-state index contributed by atoms with van der Waals surface area (Å²) in [5.74, 6) is -0.120. The number of benzene rings is 3. The Balaban J connectivity index is 1.52. The summed E-state index contributed by atoms with van der Waals surface area (Å²) in [5, 5.41) is 6.52. The number of hydrogen-bond acceptors (Lipinski definition) is 3. The zero-order valence-corrected chi connectivity index (χ0v) is 20.3. The number of hydrazone groups is 1. The van der Waals surface area contributed by atoms with Gasteiger partial charge in [0.1, 0.15) is 0 Å². The van der Waals surface area contributed by atoms with Gasteiger partial charge in [0.25, 0.3) is 0 Å². The van der Waals surface area contributed by atoms with Crippen LogP contribution in [0.25, 0.3) is 16.3 Å². The van der Waals surface area contributed by atoms with Crippen LogP contribution in [0.2, 0.25) is 0 Å². The highest BCUT2D eigenvalue weighted by Gasteiger charge is 2.31. The summed E-state index contributed by atoms with van der Waals surface area (Å²) in [6.07, 6.45) is 5.49. The second-order valence-corrected chi connectivity index (χ2v) is 9.47. The molecule has 170 valence electrons. The van der Waals surface area contributed by atoms with Gasteiger partial charge >= 0.3 is 0 Å². The Morgan fingerprint density at radius 3 is 2.64 bits per heavy atom. The summed E-state index contributed by atoms with van der Waals surface area (Å²) in [6, 6.07) is 18.6. The van der Waals surface area contributed by atoms with Gasteiger partial charge in [0.2, 0.25) is 5.91 Å². The summed E-state index contributed by atoms with van der Waals surface area (Å²) >= 11 is 0. The maximum Gasteiger partial charge on any atom is 0.244 e. The number of nitrogens with zero attached hydrogens (tertiary/aromatic N) is 2. The first-order valence-electron chi connectivity index (χ1n) is 11.7. The number of fused-ring (bicyclic) bond motifs is 2. The summed E-state index contributed by atoms with van der Waals surface area (Å²) in [4.78, 5) is 15.0. The number of amides is 1. The summed E-state index contributed by atoms with van der Waals surface area (Å²) in [5.41, 5.74) is 9.65. The highest BCUT2D eigenvalue weighted by Crippen LogP contribution is 2.40. The lowest BCUT2D eigenvalue weighted by Crippen LogP contribution is -2.45. The predicted octanol–water partition coefficient (Wildman–Crippen LogP) is 6.25. The van der Waals surface area contributed by atoms with Gasteiger partial charge in [-0.25, -0.2) is 5.43 Å². The zero-order valence-electron chi connectivity index (χ0n) is 20.3. The highest BCUT2D eigenvalue weighted by atomic mass is 16.2. The first kappa shape index (κ1) is 22.8. The zero-order chi connectivity index (χ0) is 23.6. The molecule has 1 N–H and O–H groups in total. The molecule has 0 radical (unpaired) electrons. The van der Waals surface area contributed by atoms with Gasteiger partial charge in [-0.05, 0) is 79.3 Å². The van der Waals surface area contributed by atoms with E-state index in [0.29, 0.717) is 6.42 Å². The van der Waals surface area contributed by atoms with Crippen LogP contribution in [-0.4, -0.2) is 24.2 Å². The molecule has 0 unspecified atom stereocenters. The molecule has 0 saturated carbocycles. The quantitative estimate of drug-likeness (QED) is 0.364. The molecule has 4 rings (SSSR count). The van der Waals surface area contributed by atoms with Crippen molar-refractivity contribution in [3.05, 3.63) is 82.9 Å². The Morgan fingerprint density at radius 1 is 1.09 bits per heavy atom. The number of hydrogen-bond donors (Lipinski definition) is 1. The van der Waals surface area contributed by atoms with E-state index in [1.807, 2.05) is 24.3 Å². The molecule has 1 heterocycles. The van der Waals surface area contributed by atoms with Gasteiger partial charge in [-0.3, -0.25) is 4.79 Å². The van der Waals surface area contributed by atoms with Crippen molar-refractivity contribution < 1.29 is 4.79 Å². The minimum absolute atomic E-state index is 0.00920. The molecule has 3 aromatic carbocycles. The molecule has 0 bridgehead atoms. The van der Waals surface area contributed by atoms with Gasteiger partial charge in [0, 0.05) is 17.8 Å². The largest absolute Gasteiger partial charge is 0.362 e. The number of anilines is 1. The smallest absolute Gasteiger partial charge is 0.244 e. The van der Waals surface area contributed by atoms with Crippen LogP contribution in [0.3, 0.4) is 0 Å². The number of allylic oxidation sites excluding steroid dienone is 1. The van der Waals surface area contributed by atoms with Crippen molar-refractivity contribution in [3.63, 3.8) is 0 Å². The first-order chi connectivity index (χ1) is 15.8.